The van der Waals surface area contributed by atoms with Crippen LogP contribution in [-0.4, -0.2) is 12.5 Å². The Morgan fingerprint density at radius 3 is 2.70 bits per heavy atom. The molecule has 0 aliphatic heterocycles. The molecule has 0 atom stereocenters. The van der Waals surface area contributed by atoms with Gasteiger partial charge in [0.15, 0.2) is 0 Å². The summed E-state index contributed by atoms with van der Waals surface area (Å²) in [6, 6.07) is 4.98. The molecular formula is C16H17Cl2NO. The van der Waals surface area contributed by atoms with Gasteiger partial charge in [0.1, 0.15) is 0 Å². The van der Waals surface area contributed by atoms with Crippen LogP contribution in [0.3, 0.4) is 0 Å². The maximum atomic E-state index is 12.1. The third-order valence-electron chi connectivity index (χ3n) is 2.81. The first kappa shape index (κ1) is 16.5. The zero-order chi connectivity index (χ0) is 15.1. The number of allylic oxidation sites excluding steroid dienone is 3. The minimum absolute atomic E-state index is 0.259. The van der Waals surface area contributed by atoms with E-state index in [1.165, 1.54) is 0 Å². The Kier molecular flexibility index (Phi) is 6.56. The van der Waals surface area contributed by atoms with Crippen molar-refractivity contribution in [3.8, 4) is 0 Å². The second-order valence-electron chi connectivity index (χ2n) is 4.20. The van der Waals surface area contributed by atoms with Crippen molar-refractivity contribution in [2.45, 2.75) is 13.8 Å². The van der Waals surface area contributed by atoms with Gasteiger partial charge in [-0.15, -0.1) is 0 Å². The Balaban J connectivity index is 2.84. The zero-order valence-electron chi connectivity index (χ0n) is 11.5. The second-order valence-corrected chi connectivity index (χ2v) is 4.98. The minimum atomic E-state index is -0.259. The standard InChI is InChI=1S/C16H17Cl2NO/c1-4-7-11(3)12(5-2)10-19-16(20)13-8-6-9-14(17)15(13)18/h4-9H,2,10H2,1,3H3,(H,19,20)/b7-4-,12-11+. The molecule has 2 nitrogen and oxygen atoms in total. The van der Waals surface area contributed by atoms with Crippen molar-refractivity contribution in [3.05, 3.63) is 69.8 Å². The van der Waals surface area contributed by atoms with Gasteiger partial charge in [0, 0.05) is 6.54 Å². The number of hydrogen-bond acceptors (Lipinski definition) is 1. The van der Waals surface area contributed by atoms with Crippen LogP contribution in [0.2, 0.25) is 10.0 Å². The molecule has 0 fully saturated rings. The van der Waals surface area contributed by atoms with E-state index in [-0.39, 0.29) is 10.9 Å². The normalized spacial score (nSPS) is 12.2. The Morgan fingerprint density at radius 1 is 1.40 bits per heavy atom. The van der Waals surface area contributed by atoms with Gasteiger partial charge in [0.25, 0.3) is 5.91 Å². The molecule has 1 aromatic rings. The Bertz CT molecular complexity index is 574. The van der Waals surface area contributed by atoms with Crippen LogP contribution >= 0.6 is 23.2 Å². The quantitative estimate of drug-likeness (QED) is 0.778. The Hall–Kier alpha value is -1.51. The Labute approximate surface area is 129 Å². The molecule has 0 aliphatic rings. The highest BCUT2D eigenvalue weighted by molar-refractivity contribution is 6.43. The molecule has 0 aromatic heterocycles. The predicted molar refractivity (Wildman–Crippen MR) is 86.5 cm³/mol. The molecule has 20 heavy (non-hydrogen) atoms. The number of benzene rings is 1. The van der Waals surface area contributed by atoms with Gasteiger partial charge < -0.3 is 5.32 Å². The SMILES string of the molecule is C=C/C(CNC(=O)c1cccc(Cl)c1Cl)=C(C)\C=C/C. The van der Waals surface area contributed by atoms with Crippen LogP contribution in [0.1, 0.15) is 24.2 Å². The molecule has 4 heteroatoms. The molecule has 0 spiro atoms. The molecule has 1 aromatic carbocycles. The molecule has 0 heterocycles. The van der Waals surface area contributed by atoms with Gasteiger partial charge in [-0.3, -0.25) is 4.79 Å². The highest BCUT2D eigenvalue weighted by atomic mass is 35.5. The number of halogens is 2. The van der Waals surface area contributed by atoms with Crippen LogP contribution in [0.4, 0.5) is 0 Å². The fraction of sp³-hybridized carbons (Fsp3) is 0.188. The zero-order valence-corrected chi connectivity index (χ0v) is 13.1. The lowest BCUT2D eigenvalue weighted by molar-refractivity contribution is 0.0957. The number of amides is 1. The molecule has 1 rings (SSSR count). The van der Waals surface area contributed by atoms with Crippen LogP contribution in [0, 0.1) is 0 Å². The summed E-state index contributed by atoms with van der Waals surface area (Å²) in [6.07, 6.45) is 5.64. The van der Waals surface area contributed by atoms with Gasteiger partial charge >= 0.3 is 0 Å². The van der Waals surface area contributed by atoms with Crippen LogP contribution < -0.4 is 5.32 Å². The molecule has 1 N–H and O–H groups in total. The van der Waals surface area contributed by atoms with Gasteiger partial charge in [-0.2, -0.15) is 0 Å². The topological polar surface area (TPSA) is 29.1 Å². The smallest absolute Gasteiger partial charge is 0.253 e. The number of nitrogens with one attached hydrogen (secondary N) is 1. The van der Waals surface area contributed by atoms with Crippen LogP contribution in [0.25, 0.3) is 0 Å². The highest BCUT2D eigenvalue weighted by Gasteiger charge is 2.12. The first-order chi connectivity index (χ1) is 9.51. The molecule has 0 unspecified atom stereocenters. The average molecular weight is 310 g/mol. The molecule has 0 saturated carbocycles. The van der Waals surface area contributed by atoms with Crippen molar-refractivity contribution in [2.75, 3.05) is 6.54 Å². The molecule has 0 aliphatic carbocycles. The van der Waals surface area contributed by atoms with Gasteiger partial charge in [0.2, 0.25) is 0 Å². The molecular weight excluding hydrogens is 293 g/mol. The fourth-order valence-electron chi connectivity index (χ4n) is 1.68. The summed E-state index contributed by atoms with van der Waals surface area (Å²) in [7, 11) is 0. The van der Waals surface area contributed by atoms with Gasteiger partial charge in [-0.1, -0.05) is 54.1 Å². The maximum absolute atomic E-state index is 12.1. The van der Waals surface area contributed by atoms with Crippen LogP contribution in [0.5, 0.6) is 0 Å². The number of rotatable bonds is 5. The fourth-order valence-corrected chi connectivity index (χ4v) is 2.07. The lowest BCUT2D eigenvalue weighted by Gasteiger charge is -2.09. The predicted octanol–water partition coefficient (Wildman–Crippen LogP) is 4.80. The van der Waals surface area contributed by atoms with Gasteiger partial charge in [-0.05, 0) is 37.1 Å². The lowest BCUT2D eigenvalue weighted by Crippen LogP contribution is -2.26. The second kappa shape index (κ2) is 7.93. The van der Waals surface area contributed by atoms with Gasteiger partial charge in [-0.25, -0.2) is 0 Å². The Morgan fingerprint density at radius 2 is 2.10 bits per heavy atom. The van der Waals surface area contributed by atoms with E-state index in [1.54, 1.807) is 24.3 Å². The summed E-state index contributed by atoms with van der Waals surface area (Å²) in [4.78, 5) is 12.1. The summed E-state index contributed by atoms with van der Waals surface area (Å²) in [5, 5.41) is 3.44. The van der Waals surface area contributed by atoms with E-state index >= 15 is 0 Å². The maximum Gasteiger partial charge on any atom is 0.253 e. The third kappa shape index (κ3) is 4.26. The number of carbonyl (C=O) groups is 1. The van der Waals surface area contributed by atoms with Crippen molar-refractivity contribution in [1.82, 2.24) is 5.32 Å². The minimum Gasteiger partial charge on any atom is -0.348 e. The van der Waals surface area contributed by atoms with Crippen molar-refractivity contribution < 1.29 is 4.79 Å². The molecule has 0 bridgehead atoms. The first-order valence-electron chi connectivity index (χ1n) is 6.18. The van der Waals surface area contributed by atoms with E-state index in [4.69, 9.17) is 23.2 Å². The first-order valence-corrected chi connectivity index (χ1v) is 6.94. The molecule has 0 radical (unpaired) electrons. The third-order valence-corrected chi connectivity index (χ3v) is 3.62. The molecule has 0 saturated heterocycles. The van der Waals surface area contributed by atoms with Crippen molar-refractivity contribution in [3.63, 3.8) is 0 Å². The highest BCUT2D eigenvalue weighted by Crippen LogP contribution is 2.25. The van der Waals surface area contributed by atoms with Crippen molar-refractivity contribution in [2.24, 2.45) is 0 Å². The van der Waals surface area contributed by atoms with E-state index in [0.717, 1.165) is 11.1 Å². The number of carbonyl (C=O) groups excluding carboxylic acids is 1. The van der Waals surface area contributed by atoms with Gasteiger partial charge in [0.05, 0.1) is 15.6 Å². The van der Waals surface area contributed by atoms with E-state index in [0.29, 0.717) is 17.1 Å². The molecule has 106 valence electrons. The van der Waals surface area contributed by atoms with Crippen molar-refractivity contribution in [1.29, 1.82) is 0 Å². The summed E-state index contributed by atoms with van der Waals surface area (Å²) in [5.74, 6) is -0.259. The summed E-state index contributed by atoms with van der Waals surface area (Å²) < 4.78 is 0. The van der Waals surface area contributed by atoms with Crippen LogP contribution in [0.15, 0.2) is 54.2 Å². The number of hydrogen-bond donors (Lipinski definition) is 1. The van der Waals surface area contributed by atoms with E-state index < -0.39 is 0 Å². The van der Waals surface area contributed by atoms with Crippen molar-refractivity contribution >= 4 is 29.1 Å². The summed E-state index contributed by atoms with van der Waals surface area (Å²) in [6.45, 7) is 8.05. The summed E-state index contributed by atoms with van der Waals surface area (Å²) >= 11 is 11.9. The van der Waals surface area contributed by atoms with E-state index in [1.807, 2.05) is 26.0 Å². The van der Waals surface area contributed by atoms with Crippen LogP contribution in [-0.2, 0) is 0 Å². The molecule has 1 amide bonds. The monoisotopic (exact) mass is 309 g/mol. The lowest BCUT2D eigenvalue weighted by atomic mass is 10.1. The largest absolute Gasteiger partial charge is 0.348 e. The summed E-state index contributed by atoms with van der Waals surface area (Å²) in [5.41, 5.74) is 2.38. The average Bonchev–Trinajstić information content (AvgIpc) is 2.42. The van der Waals surface area contributed by atoms with E-state index in [2.05, 4.69) is 11.9 Å². The van der Waals surface area contributed by atoms with E-state index in [9.17, 15) is 4.79 Å².